The molecule has 1 atom stereocenters. The van der Waals surface area contributed by atoms with Crippen LogP contribution in [0.2, 0.25) is 0 Å². The van der Waals surface area contributed by atoms with E-state index in [4.69, 9.17) is 4.74 Å². The maximum atomic E-state index is 12.0. The lowest BCUT2D eigenvalue weighted by molar-refractivity contribution is 0.0288. The van der Waals surface area contributed by atoms with Gasteiger partial charge in [-0.3, -0.25) is 0 Å². The summed E-state index contributed by atoms with van der Waals surface area (Å²) < 4.78 is 7.65. The quantitative estimate of drug-likeness (QED) is 0.722. The molecule has 1 aromatic heterocycles. The Morgan fingerprint density at radius 2 is 2.23 bits per heavy atom. The van der Waals surface area contributed by atoms with Crippen LogP contribution in [0, 0.1) is 5.92 Å². The Kier molecular flexibility index (Phi) is 6.33. The summed E-state index contributed by atoms with van der Waals surface area (Å²) in [6, 6.07) is 2.13. The molecular formula is C15H22Br2N2O2S. The van der Waals surface area contributed by atoms with Gasteiger partial charge in [-0.1, -0.05) is 0 Å². The van der Waals surface area contributed by atoms with Gasteiger partial charge in [0.1, 0.15) is 5.60 Å². The van der Waals surface area contributed by atoms with Gasteiger partial charge in [-0.05, 0) is 71.0 Å². The van der Waals surface area contributed by atoms with Crippen molar-refractivity contribution < 1.29 is 9.53 Å². The molecule has 1 N–H and O–H groups in total. The van der Waals surface area contributed by atoms with Gasteiger partial charge in [-0.15, -0.1) is 11.3 Å². The number of nitrogens with one attached hydrogen (secondary N) is 1. The minimum atomic E-state index is -0.423. The van der Waals surface area contributed by atoms with Crippen molar-refractivity contribution in [3.8, 4) is 0 Å². The van der Waals surface area contributed by atoms with Gasteiger partial charge in [0.2, 0.25) is 0 Å². The molecule has 124 valence electrons. The number of amides is 1. The lowest BCUT2D eigenvalue weighted by atomic mass is 10.1. The molecule has 0 saturated carbocycles. The SMILES string of the molecule is CC(C)(C)OC(=O)N1CCC(CNCc2cc(Br)c(Br)s2)C1. The highest BCUT2D eigenvalue weighted by molar-refractivity contribution is 9.13. The first-order valence-electron chi connectivity index (χ1n) is 7.37. The predicted octanol–water partition coefficient (Wildman–Crippen LogP) is 4.62. The van der Waals surface area contributed by atoms with Crippen LogP contribution in [0.5, 0.6) is 0 Å². The fraction of sp³-hybridized carbons (Fsp3) is 0.667. The van der Waals surface area contributed by atoms with Crippen molar-refractivity contribution in [3.05, 3.63) is 19.2 Å². The van der Waals surface area contributed by atoms with Crippen LogP contribution in [0.4, 0.5) is 4.79 Å². The number of carbonyl (C=O) groups is 1. The van der Waals surface area contributed by atoms with Crippen molar-refractivity contribution in [1.82, 2.24) is 10.2 Å². The van der Waals surface area contributed by atoms with Crippen molar-refractivity contribution in [2.75, 3.05) is 19.6 Å². The van der Waals surface area contributed by atoms with E-state index in [9.17, 15) is 4.79 Å². The van der Waals surface area contributed by atoms with Crippen molar-refractivity contribution in [2.45, 2.75) is 39.3 Å². The number of rotatable bonds is 4. The maximum Gasteiger partial charge on any atom is 0.410 e. The third-order valence-electron chi connectivity index (χ3n) is 3.37. The van der Waals surface area contributed by atoms with Crippen LogP contribution >= 0.6 is 43.2 Å². The fourth-order valence-electron chi connectivity index (χ4n) is 2.37. The Bertz CT molecular complexity index is 509. The Morgan fingerprint density at radius 3 is 2.82 bits per heavy atom. The van der Waals surface area contributed by atoms with Crippen LogP contribution in [-0.4, -0.2) is 36.2 Å². The highest BCUT2D eigenvalue weighted by Crippen LogP contribution is 2.32. The summed E-state index contributed by atoms with van der Waals surface area (Å²) in [6.07, 6.45) is 0.838. The molecule has 0 aromatic carbocycles. The Labute approximate surface area is 152 Å². The van der Waals surface area contributed by atoms with Gasteiger partial charge in [0.05, 0.1) is 3.79 Å². The van der Waals surface area contributed by atoms with E-state index >= 15 is 0 Å². The first-order chi connectivity index (χ1) is 10.2. The molecular weight excluding hydrogens is 432 g/mol. The van der Waals surface area contributed by atoms with E-state index in [2.05, 4.69) is 43.2 Å². The predicted molar refractivity (Wildman–Crippen MR) is 97.3 cm³/mol. The van der Waals surface area contributed by atoms with Gasteiger partial charge >= 0.3 is 6.09 Å². The summed E-state index contributed by atoms with van der Waals surface area (Å²) in [6.45, 7) is 9.05. The molecule has 1 aliphatic heterocycles. The number of halogens is 2. The van der Waals surface area contributed by atoms with Crippen LogP contribution in [0.1, 0.15) is 32.1 Å². The summed E-state index contributed by atoms with van der Waals surface area (Å²) in [5.74, 6) is 0.499. The summed E-state index contributed by atoms with van der Waals surface area (Å²) in [5, 5.41) is 3.48. The second-order valence-corrected chi connectivity index (χ2v) is 9.86. The normalized spacial score (nSPS) is 18.8. The van der Waals surface area contributed by atoms with Crippen molar-refractivity contribution >= 4 is 49.3 Å². The number of hydrogen-bond donors (Lipinski definition) is 1. The molecule has 4 nitrogen and oxygen atoms in total. The molecule has 1 unspecified atom stereocenters. The number of nitrogens with zero attached hydrogens (tertiary/aromatic N) is 1. The lowest BCUT2D eigenvalue weighted by Gasteiger charge is -2.24. The zero-order valence-electron chi connectivity index (χ0n) is 13.1. The number of thiophene rings is 1. The molecule has 0 spiro atoms. The van der Waals surface area contributed by atoms with Gasteiger partial charge in [0, 0.05) is 35.5 Å². The first-order valence-corrected chi connectivity index (χ1v) is 9.77. The topological polar surface area (TPSA) is 41.6 Å². The second kappa shape index (κ2) is 7.64. The average Bonchev–Trinajstić information content (AvgIpc) is 2.96. The van der Waals surface area contributed by atoms with E-state index < -0.39 is 5.60 Å². The number of ether oxygens (including phenoxy) is 1. The van der Waals surface area contributed by atoms with E-state index in [0.717, 1.165) is 40.9 Å². The van der Waals surface area contributed by atoms with Crippen LogP contribution in [0.3, 0.4) is 0 Å². The van der Waals surface area contributed by atoms with Gasteiger partial charge in [-0.2, -0.15) is 0 Å². The van der Waals surface area contributed by atoms with E-state index in [-0.39, 0.29) is 6.09 Å². The molecule has 2 heterocycles. The van der Waals surface area contributed by atoms with E-state index in [0.29, 0.717) is 5.92 Å². The first kappa shape index (κ1) is 18.2. The monoisotopic (exact) mass is 452 g/mol. The largest absolute Gasteiger partial charge is 0.444 e. The molecule has 0 aliphatic carbocycles. The average molecular weight is 454 g/mol. The lowest BCUT2D eigenvalue weighted by Crippen LogP contribution is -2.36. The molecule has 1 saturated heterocycles. The van der Waals surface area contributed by atoms with Crippen LogP contribution in [0.15, 0.2) is 14.3 Å². The molecule has 1 aliphatic rings. The zero-order chi connectivity index (χ0) is 16.3. The number of likely N-dealkylation sites (tertiary alicyclic amines) is 1. The molecule has 1 fully saturated rings. The summed E-state index contributed by atoms with van der Waals surface area (Å²) in [7, 11) is 0. The van der Waals surface area contributed by atoms with Crippen molar-refractivity contribution in [2.24, 2.45) is 5.92 Å². The number of hydrogen-bond acceptors (Lipinski definition) is 4. The smallest absolute Gasteiger partial charge is 0.410 e. The summed E-state index contributed by atoms with van der Waals surface area (Å²) in [4.78, 5) is 15.1. The van der Waals surface area contributed by atoms with Gasteiger partial charge < -0.3 is 15.0 Å². The fourth-order valence-corrected chi connectivity index (χ4v) is 4.52. The van der Waals surface area contributed by atoms with Crippen LogP contribution in [0.25, 0.3) is 0 Å². The molecule has 0 radical (unpaired) electrons. The summed E-state index contributed by atoms with van der Waals surface area (Å²) in [5.41, 5.74) is -0.423. The van der Waals surface area contributed by atoms with Crippen LogP contribution < -0.4 is 5.32 Å². The Morgan fingerprint density at radius 1 is 1.50 bits per heavy atom. The minimum absolute atomic E-state index is 0.193. The van der Waals surface area contributed by atoms with Crippen molar-refractivity contribution in [3.63, 3.8) is 0 Å². The molecule has 0 bridgehead atoms. The van der Waals surface area contributed by atoms with Gasteiger partial charge in [-0.25, -0.2) is 4.79 Å². The highest BCUT2D eigenvalue weighted by Gasteiger charge is 2.29. The number of carbonyl (C=O) groups excluding carboxylic acids is 1. The van der Waals surface area contributed by atoms with E-state index in [1.165, 1.54) is 4.88 Å². The Balaban J connectivity index is 1.71. The third kappa shape index (κ3) is 5.51. The van der Waals surface area contributed by atoms with Crippen molar-refractivity contribution in [1.29, 1.82) is 0 Å². The molecule has 2 rings (SSSR count). The molecule has 1 aromatic rings. The standard InChI is InChI=1S/C15H22Br2N2O2S/c1-15(2,3)21-14(20)19-5-4-10(9-19)7-18-8-11-6-12(16)13(17)22-11/h6,10,18H,4-5,7-9H2,1-3H3. The van der Waals surface area contributed by atoms with E-state index in [1.807, 2.05) is 25.7 Å². The van der Waals surface area contributed by atoms with E-state index in [1.54, 1.807) is 11.3 Å². The van der Waals surface area contributed by atoms with Gasteiger partial charge in [0.15, 0.2) is 0 Å². The van der Waals surface area contributed by atoms with Crippen LogP contribution in [-0.2, 0) is 11.3 Å². The second-order valence-electron chi connectivity index (χ2n) is 6.55. The molecule has 1 amide bonds. The summed E-state index contributed by atoms with van der Waals surface area (Å²) >= 11 is 8.74. The highest BCUT2D eigenvalue weighted by atomic mass is 79.9. The molecule has 22 heavy (non-hydrogen) atoms. The maximum absolute atomic E-state index is 12.0. The van der Waals surface area contributed by atoms with Gasteiger partial charge in [0.25, 0.3) is 0 Å². The zero-order valence-corrected chi connectivity index (χ0v) is 17.1. The molecule has 7 heteroatoms. The Hall–Kier alpha value is -0.110. The minimum Gasteiger partial charge on any atom is -0.444 e. The third-order valence-corrected chi connectivity index (χ3v) is 6.62.